The number of pyridine rings is 1. The zero-order valence-corrected chi connectivity index (χ0v) is 15.1. The maximum absolute atomic E-state index is 12.5. The van der Waals surface area contributed by atoms with Crippen molar-refractivity contribution in [2.24, 2.45) is 0 Å². The van der Waals surface area contributed by atoms with Crippen molar-refractivity contribution in [3.8, 4) is 5.88 Å². The first-order valence-corrected chi connectivity index (χ1v) is 8.67. The summed E-state index contributed by atoms with van der Waals surface area (Å²) >= 11 is 0. The topological polar surface area (TPSA) is 83.5 Å². The molecule has 0 unspecified atom stereocenters. The van der Waals surface area contributed by atoms with Crippen molar-refractivity contribution in [2.45, 2.75) is 13.1 Å². The van der Waals surface area contributed by atoms with Gasteiger partial charge in [-0.05, 0) is 25.1 Å². The van der Waals surface area contributed by atoms with Crippen molar-refractivity contribution in [3.63, 3.8) is 0 Å². The molecule has 1 aliphatic rings. The zero-order valence-electron chi connectivity index (χ0n) is 15.1. The Kier molecular flexibility index (Phi) is 5.81. The molecule has 0 aliphatic carbocycles. The Bertz CT molecular complexity index is 790. The third-order valence-electron chi connectivity index (χ3n) is 4.11. The monoisotopic (exact) mass is 396 g/mol. The van der Waals surface area contributed by atoms with Crippen LogP contribution in [-0.4, -0.2) is 58.9 Å². The van der Waals surface area contributed by atoms with E-state index in [2.05, 4.69) is 20.5 Å². The fourth-order valence-electron chi connectivity index (χ4n) is 2.68. The Morgan fingerprint density at radius 3 is 2.43 bits per heavy atom. The highest BCUT2D eigenvalue weighted by Crippen LogP contribution is 2.27. The number of anilines is 2. The molecular weight excluding hydrogens is 377 g/mol. The van der Waals surface area contributed by atoms with Crippen LogP contribution in [0.1, 0.15) is 12.6 Å². The highest BCUT2D eigenvalue weighted by atomic mass is 19.4. The number of rotatable bonds is 4. The lowest BCUT2D eigenvalue weighted by Gasteiger charge is -2.35. The Hall–Kier alpha value is -3.11. The molecule has 1 saturated heterocycles. The predicted molar refractivity (Wildman–Crippen MR) is 95.2 cm³/mol. The number of piperazine rings is 1. The van der Waals surface area contributed by atoms with Crippen LogP contribution in [0.25, 0.3) is 0 Å². The average molecular weight is 396 g/mol. The van der Waals surface area contributed by atoms with Crippen LogP contribution in [0.5, 0.6) is 5.88 Å². The van der Waals surface area contributed by atoms with Gasteiger partial charge in [0, 0.05) is 32.2 Å². The lowest BCUT2D eigenvalue weighted by molar-refractivity contribution is -0.141. The van der Waals surface area contributed by atoms with Crippen LogP contribution >= 0.6 is 0 Å². The number of alkyl halides is 3. The van der Waals surface area contributed by atoms with Crippen molar-refractivity contribution in [3.05, 3.63) is 36.2 Å². The molecule has 28 heavy (non-hydrogen) atoms. The third-order valence-corrected chi connectivity index (χ3v) is 4.11. The number of aromatic nitrogens is 3. The number of nitrogens with one attached hydrogen (secondary N) is 1. The molecular formula is C17H19F3N6O2. The summed E-state index contributed by atoms with van der Waals surface area (Å²) in [5, 5.41) is 10.7. The second-order valence-corrected chi connectivity index (χ2v) is 6.00. The van der Waals surface area contributed by atoms with Gasteiger partial charge >= 0.3 is 12.2 Å². The van der Waals surface area contributed by atoms with E-state index in [9.17, 15) is 18.0 Å². The molecule has 1 fully saturated rings. The lowest BCUT2D eigenvalue weighted by atomic mass is 10.3. The summed E-state index contributed by atoms with van der Waals surface area (Å²) in [4.78, 5) is 19.2. The molecule has 150 valence electrons. The van der Waals surface area contributed by atoms with Crippen molar-refractivity contribution in [1.29, 1.82) is 0 Å². The fourth-order valence-corrected chi connectivity index (χ4v) is 2.68. The van der Waals surface area contributed by atoms with Gasteiger partial charge in [0.2, 0.25) is 5.88 Å². The van der Waals surface area contributed by atoms with Gasteiger partial charge in [0.05, 0.1) is 18.5 Å². The molecule has 0 saturated carbocycles. The van der Waals surface area contributed by atoms with Gasteiger partial charge in [-0.15, -0.1) is 10.2 Å². The number of halogens is 3. The van der Waals surface area contributed by atoms with E-state index in [1.807, 2.05) is 17.9 Å². The molecule has 11 heteroatoms. The van der Waals surface area contributed by atoms with E-state index in [4.69, 9.17) is 4.74 Å². The maximum Gasteiger partial charge on any atom is 0.433 e. The molecule has 3 heterocycles. The molecule has 2 aromatic rings. The van der Waals surface area contributed by atoms with Crippen LogP contribution in [0.2, 0.25) is 0 Å². The summed E-state index contributed by atoms with van der Waals surface area (Å²) < 4.78 is 42.9. The summed E-state index contributed by atoms with van der Waals surface area (Å²) in [7, 11) is 0. The van der Waals surface area contributed by atoms with Gasteiger partial charge in [-0.25, -0.2) is 9.78 Å². The molecule has 2 amide bonds. The van der Waals surface area contributed by atoms with E-state index >= 15 is 0 Å². The third kappa shape index (κ3) is 4.78. The minimum Gasteiger partial charge on any atom is -0.477 e. The summed E-state index contributed by atoms with van der Waals surface area (Å²) in [6.45, 7) is 4.36. The number of nitrogens with zero attached hydrogens (tertiary/aromatic N) is 5. The Morgan fingerprint density at radius 1 is 1.14 bits per heavy atom. The van der Waals surface area contributed by atoms with Crippen LogP contribution in [0.4, 0.5) is 29.5 Å². The first-order chi connectivity index (χ1) is 13.4. The number of ether oxygens (including phenoxy) is 1. The molecule has 0 radical (unpaired) electrons. The van der Waals surface area contributed by atoms with Gasteiger partial charge < -0.3 is 19.9 Å². The largest absolute Gasteiger partial charge is 0.477 e. The highest BCUT2D eigenvalue weighted by Gasteiger charge is 2.32. The molecule has 3 rings (SSSR count). The van der Waals surface area contributed by atoms with Gasteiger partial charge in [0.25, 0.3) is 0 Å². The van der Waals surface area contributed by atoms with Gasteiger partial charge in [0.15, 0.2) is 5.82 Å². The van der Waals surface area contributed by atoms with Crippen molar-refractivity contribution >= 4 is 17.5 Å². The standard InChI is InChI=1S/C17H19F3N6O2/c1-2-28-15-6-5-14(23-24-15)25-7-9-26(10-8-25)16(27)22-12-3-4-13(21-11-12)17(18,19)20/h3-6,11H,2,7-10H2,1H3,(H,22,27). The first-order valence-electron chi connectivity index (χ1n) is 8.67. The first kappa shape index (κ1) is 19.6. The molecule has 1 aliphatic heterocycles. The smallest absolute Gasteiger partial charge is 0.433 e. The van der Waals surface area contributed by atoms with E-state index in [1.54, 1.807) is 11.0 Å². The molecule has 0 bridgehead atoms. The normalized spacial score (nSPS) is 14.7. The number of urea groups is 1. The number of carbonyl (C=O) groups excluding carboxylic acids is 1. The van der Waals surface area contributed by atoms with E-state index in [0.29, 0.717) is 44.5 Å². The van der Waals surface area contributed by atoms with Crippen molar-refractivity contribution < 1.29 is 22.7 Å². The summed E-state index contributed by atoms with van der Waals surface area (Å²) in [5.41, 5.74) is -0.798. The van der Waals surface area contributed by atoms with Gasteiger partial charge in [0.1, 0.15) is 5.69 Å². The van der Waals surface area contributed by atoms with Crippen LogP contribution in [0.3, 0.4) is 0 Å². The van der Waals surface area contributed by atoms with Gasteiger partial charge in [-0.3, -0.25) is 0 Å². The van der Waals surface area contributed by atoms with Gasteiger partial charge in [-0.2, -0.15) is 13.2 Å². The van der Waals surface area contributed by atoms with Gasteiger partial charge in [-0.1, -0.05) is 0 Å². The van der Waals surface area contributed by atoms with E-state index in [-0.39, 0.29) is 11.7 Å². The van der Waals surface area contributed by atoms with E-state index in [0.717, 1.165) is 12.3 Å². The number of hydrogen-bond donors (Lipinski definition) is 1. The number of amides is 2. The number of hydrogen-bond acceptors (Lipinski definition) is 6. The lowest BCUT2D eigenvalue weighted by Crippen LogP contribution is -2.50. The van der Waals surface area contributed by atoms with Crippen LogP contribution < -0.4 is 15.0 Å². The Labute approximate surface area is 159 Å². The van der Waals surface area contributed by atoms with E-state index in [1.165, 1.54) is 6.07 Å². The molecule has 0 atom stereocenters. The molecule has 2 aromatic heterocycles. The van der Waals surface area contributed by atoms with Crippen LogP contribution in [-0.2, 0) is 6.18 Å². The molecule has 8 nitrogen and oxygen atoms in total. The molecule has 1 N–H and O–H groups in total. The second kappa shape index (κ2) is 8.28. The maximum atomic E-state index is 12.5. The minimum atomic E-state index is -4.51. The predicted octanol–water partition coefficient (Wildman–Crippen LogP) is 2.64. The second-order valence-electron chi connectivity index (χ2n) is 6.00. The van der Waals surface area contributed by atoms with Crippen LogP contribution in [0.15, 0.2) is 30.5 Å². The zero-order chi connectivity index (χ0) is 20.1. The number of carbonyl (C=O) groups is 1. The van der Waals surface area contributed by atoms with Crippen molar-refractivity contribution in [2.75, 3.05) is 43.0 Å². The van der Waals surface area contributed by atoms with Crippen molar-refractivity contribution in [1.82, 2.24) is 20.1 Å². The molecule has 0 spiro atoms. The SMILES string of the molecule is CCOc1ccc(N2CCN(C(=O)Nc3ccc(C(F)(F)F)nc3)CC2)nn1. The average Bonchev–Trinajstić information content (AvgIpc) is 2.69. The fraction of sp³-hybridized carbons (Fsp3) is 0.412. The Morgan fingerprint density at radius 2 is 1.89 bits per heavy atom. The van der Waals surface area contributed by atoms with Crippen LogP contribution in [0, 0.1) is 0 Å². The highest BCUT2D eigenvalue weighted by molar-refractivity contribution is 5.89. The summed E-state index contributed by atoms with van der Waals surface area (Å²) in [6, 6.07) is 5.17. The Balaban J connectivity index is 1.52. The summed E-state index contributed by atoms with van der Waals surface area (Å²) in [5.74, 6) is 1.14. The van der Waals surface area contributed by atoms with E-state index < -0.39 is 11.9 Å². The quantitative estimate of drug-likeness (QED) is 0.856. The minimum absolute atomic E-state index is 0.206. The molecule has 0 aromatic carbocycles. The summed E-state index contributed by atoms with van der Waals surface area (Å²) in [6.07, 6.45) is -3.52.